The second-order valence-corrected chi connectivity index (χ2v) is 5.87. The third-order valence-electron chi connectivity index (χ3n) is 2.85. The first-order valence-electron chi connectivity index (χ1n) is 6.97. The van der Waals surface area contributed by atoms with Gasteiger partial charge < -0.3 is 15.2 Å². The lowest BCUT2D eigenvalue weighted by molar-refractivity contribution is -0.142. The molecule has 0 aliphatic rings. The summed E-state index contributed by atoms with van der Waals surface area (Å²) in [6, 6.07) is -0.629. The first-order chi connectivity index (χ1) is 9.19. The molecule has 2 atom stereocenters. The molecule has 0 spiro atoms. The molecule has 2 unspecified atom stereocenters. The van der Waals surface area contributed by atoms with Crippen LogP contribution in [-0.2, 0) is 9.53 Å². The minimum absolute atomic E-state index is 0.402. The second kappa shape index (κ2) is 8.76. The quantitative estimate of drug-likeness (QED) is 0.720. The van der Waals surface area contributed by atoms with Gasteiger partial charge >= 0.3 is 12.1 Å². The van der Waals surface area contributed by atoms with Crippen LogP contribution in [0, 0.1) is 5.92 Å². The molecule has 1 amide bonds. The highest BCUT2D eigenvalue weighted by Gasteiger charge is 2.20. The SMILES string of the molecule is CCC(CCCC(CF)NC(=O)OC(C)(C)C)C(=O)O. The fourth-order valence-electron chi connectivity index (χ4n) is 1.77. The molecule has 0 radical (unpaired) electrons. The highest BCUT2D eigenvalue weighted by atomic mass is 19.1. The van der Waals surface area contributed by atoms with E-state index in [2.05, 4.69) is 5.32 Å². The number of hydrogen-bond donors (Lipinski definition) is 2. The van der Waals surface area contributed by atoms with Crippen molar-refractivity contribution in [1.29, 1.82) is 0 Å². The van der Waals surface area contributed by atoms with E-state index in [0.717, 1.165) is 0 Å². The Labute approximate surface area is 119 Å². The lowest BCUT2D eigenvalue weighted by Gasteiger charge is -2.22. The van der Waals surface area contributed by atoms with Gasteiger partial charge in [-0.2, -0.15) is 0 Å². The maximum atomic E-state index is 12.8. The minimum Gasteiger partial charge on any atom is -0.481 e. The van der Waals surface area contributed by atoms with Gasteiger partial charge in [0.05, 0.1) is 12.0 Å². The standard InChI is InChI=1S/C14H26FNO4/c1-5-10(12(17)18)7-6-8-11(9-15)16-13(19)20-14(2,3)4/h10-11H,5-9H2,1-4H3,(H,16,19)(H,17,18). The number of carbonyl (C=O) groups is 2. The highest BCUT2D eigenvalue weighted by molar-refractivity contribution is 5.69. The van der Waals surface area contributed by atoms with Crippen LogP contribution >= 0.6 is 0 Å². The van der Waals surface area contributed by atoms with Crippen LogP contribution in [0.3, 0.4) is 0 Å². The van der Waals surface area contributed by atoms with E-state index in [1.54, 1.807) is 20.8 Å². The summed E-state index contributed by atoms with van der Waals surface area (Å²) in [5.41, 5.74) is -0.623. The summed E-state index contributed by atoms with van der Waals surface area (Å²) < 4.78 is 17.9. The smallest absolute Gasteiger partial charge is 0.407 e. The molecule has 0 saturated heterocycles. The van der Waals surface area contributed by atoms with E-state index < -0.39 is 36.3 Å². The first kappa shape index (κ1) is 18.7. The van der Waals surface area contributed by atoms with Crippen molar-refractivity contribution in [3.63, 3.8) is 0 Å². The molecule has 0 bridgehead atoms. The van der Waals surface area contributed by atoms with Gasteiger partial charge in [0, 0.05) is 0 Å². The predicted molar refractivity (Wildman–Crippen MR) is 74.4 cm³/mol. The van der Waals surface area contributed by atoms with E-state index >= 15 is 0 Å². The molecule has 0 aliphatic heterocycles. The Bertz CT molecular complexity index is 315. The maximum absolute atomic E-state index is 12.8. The number of alkyl halides is 1. The fraction of sp³-hybridized carbons (Fsp3) is 0.857. The van der Waals surface area contributed by atoms with Gasteiger partial charge in [-0.25, -0.2) is 9.18 Å². The number of hydrogen-bond acceptors (Lipinski definition) is 3. The van der Waals surface area contributed by atoms with Crippen molar-refractivity contribution in [3.05, 3.63) is 0 Å². The van der Waals surface area contributed by atoms with Gasteiger partial charge in [-0.15, -0.1) is 0 Å². The van der Waals surface area contributed by atoms with Crippen LogP contribution in [0.15, 0.2) is 0 Å². The van der Waals surface area contributed by atoms with Gasteiger partial charge in [0.2, 0.25) is 0 Å². The van der Waals surface area contributed by atoms with Crippen LogP contribution in [0.25, 0.3) is 0 Å². The van der Waals surface area contributed by atoms with Gasteiger partial charge in [0.1, 0.15) is 12.3 Å². The molecule has 0 aromatic heterocycles. The first-order valence-corrected chi connectivity index (χ1v) is 6.97. The molecule has 118 valence electrons. The molecule has 0 heterocycles. The van der Waals surface area contributed by atoms with E-state index in [-0.39, 0.29) is 0 Å². The lowest BCUT2D eigenvalue weighted by Crippen LogP contribution is -2.40. The van der Waals surface area contributed by atoms with Gasteiger partial charge in [0.25, 0.3) is 0 Å². The van der Waals surface area contributed by atoms with E-state index in [9.17, 15) is 14.0 Å². The largest absolute Gasteiger partial charge is 0.481 e. The van der Waals surface area contributed by atoms with Crippen LogP contribution in [-0.4, -0.2) is 35.5 Å². The number of rotatable bonds is 8. The zero-order valence-corrected chi connectivity index (χ0v) is 12.7. The molecule has 0 fully saturated rings. The Morgan fingerprint density at radius 1 is 1.30 bits per heavy atom. The van der Waals surface area contributed by atoms with E-state index in [0.29, 0.717) is 25.7 Å². The summed E-state index contributed by atoms with van der Waals surface area (Å²) >= 11 is 0. The Balaban J connectivity index is 4.10. The molecule has 5 nitrogen and oxygen atoms in total. The van der Waals surface area contributed by atoms with Gasteiger partial charge in [-0.3, -0.25) is 4.79 Å². The van der Waals surface area contributed by atoms with Crippen molar-refractivity contribution >= 4 is 12.1 Å². The Kier molecular flexibility index (Phi) is 8.18. The molecule has 0 aromatic rings. The second-order valence-electron chi connectivity index (χ2n) is 5.87. The molecule has 0 aromatic carbocycles. The molecular formula is C14H26FNO4. The van der Waals surface area contributed by atoms with Crippen molar-refractivity contribution in [1.82, 2.24) is 5.32 Å². The third kappa shape index (κ3) is 8.72. The van der Waals surface area contributed by atoms with Crippen LogP contribution in [0.5, 0.6) is 0 Å². The van der Waals surface area contributed by atoms with E-state index in [1.807, 2.05) is 6.92 Å². The molecular weight excluding hydrogens is 265 g/mol. The summed E-state index contributed by atoms with van der Waals surface area (Å²) in [5, 5.41) is 11.4. The Morgan fingerprint density at radius 3 is 2.30 bits per heavy atom. The normalized spacial score (nSPS) is 14.4. The Morgan fingerprint density at radius 2 is 1.90 bits per heavy atom. The Hall–Kier alpha value is -1.33. The number of carbonyl (C=O) groups excluding carboxylic acids is 1. The van der Waals surface area contributed by atoms with Crippen LogP contribution in [0.4, 0.5) is 9.18 Å². The topological polar surface area (TPSA) is 75.6 Å². The van der Waals surface area contributed by atoms with Crippen molar-refractivity contribution in [2.75, 3.05) is 6.67 Å². The summed E-state index contributed by atoms with van der Waals surface area (Å²) in [6.07, 6.45) is 1.34. The van der Waals surface area contributed by atoms with Gasteiger partial charge in [-0.05, 0) is 40.0 Å². The monoisotopic (exact) mass is 291 g/mol. The number of carboxylic acids is 1. The van der Waals surface area contributed by atoms with Gasteiger partial charge in [0.15, 0.2) is 0 Å². The number of alkyl carbamates (subject to hydrolysis) is 1. The summed E-state index contributed by atoms with van der Waals surface area (Å²) in [5.74, 6) is -1.24. The molecule has 6 heteroatoms. The van der Waals surface area contributed by atoms with Crippen molar-refractivity contribution < 1.29 is 23.8 Å². The zero-order chi connectivity index (χ0) is 15.8. The van der Waals surface area contributed by atoms with E-state index in [4.69, 9.17) is 9.84 Å². The number of nitrogens with one attached hydrogen (secondary N) is 1. The molecule has 0 saturated carbocycles. The van der Waals surface area contributed by atoms with Crippen molar-refractivity contribution in [2.45, 2.75) is 65.0 Å². The number of carboxylic acid groups (broad SMARTS) is 1. The molecule has 2 N–H and O–H groups in total. The summed E-state index contributed by atoms with van der Waals surface area (Å²) in [4.78, 5) is 22.3. The van der Waals surface area contributed by atoms with Gasteiger partial charge in [-0.1, -0.05) is 13.3 Å². The van der Waals surface area contributed by atoms with Crippen molar-refractivity contribution in [3.8, 4) is 0 Å². The number of halogens is 1. The van der Waals surface area contributed by atoms with Crippen LogP contribution < -0.4 is 5.32 Å². The number of aliphatic carboxylic acids is 1. The third-order valence-corrected chi connectivity index (χ3v) is 2.85. The number of amides is 1. The molecule has 0 aliphatic carbocycles. The predicted octanol–water partition coefficient (Wildman–Crippen LogP) is 3.13. The van der Waals surface area contributed by atoms with Crippen molar-refractivity contribution in [2.24, 2.45) is 5.92 Å². The highest BCUT2D eigenvalue weighted by Crippen LogP contribution is 2.14. The molecule has 20 heavy (non-hydrogen) atoms. The number of ether oxygens (including phenoxy) is 1. The van der Waals surface area contributed by atoms with Crippen LogP contribution in [0.2, 0.25) is 0 Å². The average Bonchev–Trinajstić information content (AvgIpc) is 2.30. The molecule has 0 rings (SSSR count). The fourth-order valence-corrected chi connectivity index (χ4v) is 1.77. The van der Waals surface area contributed by atoms with Crippen LogP contribution in [0.1, 0.15) is 53.4 Å². The average molecular weight is 291 g/mol. The zero-order valence-electron chi connectivity index (χ0n) is 12.7. The maximum Gasteiger partial charge on any atom is 0.407 e. The van der Waals surface area contributed by atoms with E-state index in [1.165, 1.54) is 0 Å². The minimum atomic E-state index is -0.829. The summed E-state index contributed by atoms with van der Waals surface area (Å²) in [6.45, 7) is 6.31. The lowest BCUT2D eigenvalue weighted by atomic mass is 9.98. The summed E-state index contributed by atoms with van der Waals surface area (Å²) in [7, 11) is 0.